The molecule has 3 aliphatic heterocycles. The first kappa shape index (κ1) is 23.0. The normalized spacial score (nSPS) is 41.8. The number of nitrogens with one attached hydrogen (secondary N) is 1. The highest BCUT2D eigenvalue weighted by molar-refractivity contribution is 5.78. The monoisotopic (exact) mass is 448 g/mol. The van der Waals surface area contributed by atoms with Crippen LogP contribution in [0.5, 0.6) is 0 Å². The van der Waals surface area contributed by atoms with Crippen LogP contribution >= 0.6 is 0 Å². The summed E-state index contributed by atoms with van der Waals surface area (Å²) in [6.45, 7) is 5.87. The van der Waals surface area contributed by atoms with Crippen LogP contribution in [0.1, 0.15) is 57.8 Å². The summed E-state index contributed by atoms with van der Waals surface area (Å²) in [6.07, 6.45) is 12.6. The van der Waals surface area contributed by atoms with Gasteiger partial charge in [0.05, 0.1) is 18.7 Å². The van der Waals surface area contributed by atoms with E-state index < -0.39 is 0 Å². The van der Waals surface area contributed by atoms with Crippen LogP contribution in [0, 0.1) is 11.8 Å². The van der Waals surface area contributed by atoms with Crippen molar-refractivity contribution < 1.29 is 14.8 Å². The molecule has 3 saturated heterocycles. The van der Waals surface area contributed by atoms with Gasteiger partial charge >= 0.3 is 0 Å². The largest absolute Gasteiger partial charge is 0.380 e. The number of likely N-dealkylation sites (tertiary alicyclic amines) is 1. The van der Waals surface area contributed by atoms with E-state index in [1.165, 1.54) is 64.3 Å². The molecule has 5 aliphatic rings. The van der Waals surface area contributed by atoms with Gasteiger partial charge in [0.2, 0.25) is 5.91 Å². The molecule has 182 valence electrons. The predicted octanol–water partition coefficient (Wildman–Crippen LogP) is 0.460. The zero-order valence-electron chi connectivity index (χ0n) is 20.4. The fraction of sp³-hybridized carbons (Fsp3) is 0.960. The zero-order valence-corrected chi connectivity index (χ0v) is 20.4. The molecule has 2 saturated carbocycles. The van der Waals surface area contributed by atoms with Crippen molar-refractivity contribution in [2.24, 2.45) is 11.8 Å². The summed E-state index contributed by atoms with van der Waals surface area (Å²) in [7, 11) is 4.14. The number of amides is 1. The van der Waals surface area contributed by atoms with Crippen LogP contribution < -0.4 is 10.6 Å². The number of quaternary nitrogens is 1. The summed E-state index contributed by atoms with van der Waals surface area (Å²) in [5.41, 5.74) is 0. The molecule has 32 heavy (non-hydrogen) atoms. The van der Waals surface area contributed by atoms with Gasteiger partial charge in [-0.1, -0.05) is 19.3 Å². The molecular formula is C25H46N5O2+. The number of nitrogens with two attached hydrogens (primary N) is 1. The molecule has 7 heteroatoms. The quantitative estimate of drug-likeness (QED) is 0.640. The summed E-state index contributed by atoms with van der Waals surface area (Å²) in [5, 5.41) is 6.24. The molecule has 7 nitrogen and oxygen atoms in total. The van der Waals surface area contributed by atoms with Crippen molar-refractivity contribution in [3.05, 3.63) is 0 Å². The van der Waals surface area contributed by atoms with Crippen molar-refractivity contribution in [3.8, 4) is 0 Å². The van der Waals surface area contributed by atoms with Crippen LogP contribution in [0.2, 0.25) is 0 Å². The number of fused-ring (bicyclic) bond motifs is 2. The Kier molecular flexibility index (Phi) is 7.39. The van der Waals surface area contributed by atoms with Crippen molar-refractivity contribution >= 4 is 5.91 Å². The molecule has 3 N–H and O–H groups in total. The van der Waals surface area contributed by atoms with Crippen LogP contribution in [0.4, 0.5) is 0 Å². The standard InChI is InChI=1S/C25H45N5O2/c1-28-12-11-19-24(18-7-3-4-8-20(18)26-25(19)28)27-23(31)17-29-13-15-30(16-14-29)21-9-5-6-10-22(21)32-2/h18-22,24-26H,3-17H2,1-2H3,(H,27,31)/p+1. The third-order valence-electron chi connectivity index (χ3n) is 9.55. The highest BCUT2D eigenvalue weighted by atomic mass is 16.5. The first-order chi connectivity index (χ1) is 15.6. The van der Waals surface area contributed by atoms with Gasteiger partial charge in [0, 0.05) is 63.8 Å². The third kappa shape index (κ3) is 4.74. The summed E-state index contributed by atoms with van der Waals surface area (Å²) in [6, 6.07) is 1.64. The number of piperidine rings is 1. The van der Waals surface area contributed by atoms with E-state index in [2.05, 4.69) is 32.4 Å². The Hall–Kier alpha value is -0.730. The number of hydrogen-bond donors (Lipinski definition) is 2. The van der Waals surface area contributed by atoms with Gasteiger partial charge < -0.3 is 15.4 Å². The fourth-order valence-corrected chi connectivity index (χ4v) is 7.80. The molecule has 0 aromatic rings. The molecule has 0 bridgehead atoms. The summed E-state index contributed by atoms with van der Waals surface area (Å²) < 4.78 is 5.79. The topological polar surface area (TPSA) is 64.7 Å². The molecular weight excluding hydrogens is 402 g/mol. The zero-order chi connectivity index (χ0) is 22.1. The van der Waals surface area contributed by atoms with Gasteiger partial charge in [0.1, 0.15) is 6.17 Å². The number of methoxy groups -OCH3 is 1. The van der Waals surface area contributed by atoms with Crippen LogP contribution in [0.25, 0.3) is 0 Å². The maximum absolute atomic E-state index is 13.2. The van der Waals surface area contributed by atoms with Crippen molar-refractivity contribution in [1.82, 2.24) is 20.0 Å². The summed E-state index contributed by atoms with van der Waals surface area (Å²) in [4.78, 5) is 20.7. The van der Waals surface area contributed by atoms with Gasteiger partial charge in [-0.05, 0) is 45.6 Å². The minimum absolute atomic E-state index is 0.260. The first-order valence-electron chi connectivity index (χ1n) is 13.5. The van der Waals surface area contributed by atoms with Gasteiger partial charge in [0.25, 0.3) is 0 Å². The maximum atomic E-state index is 13.2. The van der Waals surface area contributed by atoms with Gasteiger partial charge in [-0.3, -0.25) is 19.5 Å². The molecule has 0 aromatic heterocycles. The van der Waals surface area contributed by atoms with Gasteiger partial charge in [0.15, 0.2) is 0 Å². The molecule has 5 fully saturated rings. The Morgan fingerprint density at radius 3 is 2.50 bits per heavy atom. The lowest BCUT2D eigenvalue weighted by molar-refractivity contribution is -0.759. The average molecular weight is 449 g/mol. The lowest BCUT2D eigenvalue weighted by Gasteiger charge is -2.46. The molecule has 1 amide bonds. The Balaban J connectivity index is 1.14. The number of ether oxygens (including phenoxy) is 1. The van der Waals surface area contributed by atoms with E-state index in [-0.39, 0.29) is 5.91 Å². The van der Waals surface area contributed by atoms with Crippen LogP contribution in [0.15, 0.2) is 0 Å². The number of hydrogen-bond acceptors (Lipinski definition) is 5. The van der Waals surface area contributed by atoms with E-state index in [1.54, 1.807) is 0 Å². The van der Waals surface area contributed by atoms with Crippen molar-refractivity contribution in [2.45, 2.75) is 88.2 Å². The second-order valence-corrected chi connectivity index (χ2v) is 11.3. The van der Waals surface area contributed by atoms with Crippen molar-refractivity contribution in [1.29, 1.82) is 0 Å². The molecule has 7 unspecified atom stereocenters. The number of rotatable bonds is 5. The van der Waals surface area contributed by atoms with E-state index >= 15 is 0 Å². The SMILES string of the molecule is COC1CCCCC1N1CCN(CC(=O)NC2C3CCCCC3[NH2+]C3C2CCN3C)CC1. The molecule has 0 radical (unpaired) electrons. The molecule has 0 aromatic carbocycles. The average Bonchev–Trinajstić information content (AvgIpc) is 3.20. The molecule has 3 heterocycles. The number of piperazine rings is 1. The molecule has 2 aliphatic carbocycles. The smallest absolute Gasteiger partial charge is 0.234 e. The van der Waals surface area contributed by atoms with E-state index in [1.807, 2.05) is 7.11 Å². The van der Waals surface area contributed by atoms with Gasteiger partial charge in [-0.2, -0.15) is 0 Å². The Bertz CT molecular complexity index is 636. The van der Waals surface area contributed by atoms with E-state index in [0.717, 1.165) is 26.2 Å². The van der Waals surface area contributed by atoms with E-state index in [0.29, 0.717) is 48.8 Å². The van der Waals surface area contributed by atoms with Crippen LogP contribution in [-0.2, 0) is 9.53 Å². The lowest BCUT2D eigenvalue weighted by atomic mass is 9.71. The molecule has 7 atom stereocenters. The highest BCUT2D eigenvalue weighted by Gasteiger charge is 2.52. The van der Waals surface area contributed by atoms with Crippen molar-refractivity contribution in [2.75, 3.05) is 53.4 Å². The first-order valence-corrected chi connectivity index (χ1v) is 13.5. The number of carbonyl (C=O) groups excluding carboxylic acids is 1. The van der Waals surface area contributed by atoms with Crippen LogP contribution in [-0.4, -0.2) is 104 Å². The van der Waals surface area contributed by atoms with Crippen LogP contribution in [0.3, 0.4) is 0 Å². The number of nitrogens with zero attached hydrogens (tertiary/aromatic N) is 3. The Labute approximate surface area is 194 Å². The van der Waals surface area contributed by atoms with Gasteiger partial charge in [-0.25, -0.2) is 0 Å². The summed E-state index contributed by atoms with van der Waals surface area (Å²) >= 11 is 0. The van der Waals surface area contributed by atoms with E-state index in [9.17, 15) is 4.79 Å². The second kappa shape index (κ2) is 10.3. The third-order valence-corrected chi connectivity index (χ3v) is 9.55. The minimum atomic E-state index is 0.260. The van der Waals surface area contributed by atoms with Crippen molar-refractivity contribution in [3.63, 3.8) is 0 Å². The lowest BCUT2D eigenvalue weighted by Crippen LogP contribution is -3.03. The molecule has 5 rings (SSSR count). The summed E-state index contributed by atoms with van der Waals surface area (Å²) in [5.74, 6) is 1.53. The minimum Gasteiger partial charge on any atom is -0.380 e. The fourth-order valence-electron chi connectivity index (χ4n) is 7.80. The van der Waals surface area contributed by atoms with Gasteiger partial charge in [-0.15, -0.1) is 0 Å². The Morgan fingerprint density at radius 2 is 1.69 bits per heavy atom. The predicted molar refractivity (Wildman–Crippen MR) is 125 cm³/mol. The molecule has 0 spiro atoms. The number of carbonyl (C=O) groups is 1. The van der Waals surface area contributed by atoms with E-state index in [4.69, 9.17) is 4.74 Å². The maximum Gasteiger partial charge on any atom is 0.234 e. The highest BCUT2D eigenvalue weighted by Crippen LogP contribution is 2.36. The second-order valence-electron chi connectivity index (χ2n) is 11.3. The Morgan fingerprint density at radius 1 is 0.938 bits per heavy atom.